The van der Waals surface area contributed by atoms with Crippen LogP contribution in [0, 0.1) is 6.92 Å². The van der Waals surface area contributed by atoms with E-state index in [4.69, 9.17) is 4.74 Å². The van der Waals surface area contributed by atoms with Gasteiger partial charge in [-0.2, -0.15) is 13.2 Å². The molecule has 0 spiro atoms. The van der Waals surface area contributed by atoms with Crippen LogP contribution in [0.1, 0.15) is 43.2 Å². The number of aliphatic hydroxyl groups excluding tert-OH is 1. The number of methoxy groups -OCH3 is 1. The number of aliphatic hydroxyl groups is 1. The molecular weight excluding hydrogens is 609 g/mol. The number of carbonyl (C=O) groups excluding carboxylic acids is 2. The maximum atomic E-state index is 14.1. The van der Waals surface area contributed by atoms with Gasteiger partial charge in [-0.05, 0) is 65.6 Å². The van der Waals surface area contributed by atoms with E-state index >= 15 is 0 Å². The Bertz CT molecular complexity index is 1780. The van der Waals surface area contributed by atoms with Gasteiger partial charge in [-0.1, -0.05) is 42.5 Å². The summed E-state index contributed by atoms with van der Waals surface area (Å²) in [4.78, 5) is 33.5. The Hall–Kier alpha value is -4.45. The van der Waals surface area contributed by atoms with Crippen molar-refractivity contribution in [2.45, 2.75) is 32.3 Å². The number of nitrogens with zero attached hydrogens (tertiary/aromatic N) is 4. The fourth-order valence-electron chi connectivity index (χ4n) is 6.59. The van der Waals surface area contributed by atoms with Crippen LogP contribution in [-0.4, -0.2) is 83.8 Å². The van der Waals surface area contributed by atoms with Crippen molar-refractivity contribution in [3.8, 4) is 11.1 Å². The number of amides is 2. The molecule has 3 aromatic carbocycles. The SMILES string of the molecule is COC[C@H](O)CN1CCN(C(=O)c2ccc3n2Cc2ccccc2N(C(=O)c2ccc(-c4ccccc4C(F)(F)F)c(C)c2)C3)CC1. The summed E-state index contributed by atoms with van der Waals surface area (Å²) in [7, 11) is 1.55. The Balaban J connectivity index is 1.25. The molecule has 1 N–H and O–H groups in total. The van der Waals surface area contributed by atoms with E-state index in [2.05, 4.69) is 4.90 Å². The summed E-state index contributed by atoms with van der Waals surface area (Å²) in [6.07, 6.45) is -5.09. The highest BCUT2D eigenvalue weighted by atomic mass is 19.4. The number of ether oxygens (including phenoxy) is 1. The molecule has 3 heterocycles. The van der Waals surface area contributed by atoms with Crippen LogP contribution in [0.2, 0.25) is 0 Å². The quantitative estimate of drug-likeness (QED) is 0.289. The summed E-state index contributed by atoms with van der Waals surface area (Å²) in [6.45, 7) is 5.42. The third kappa shape index (κ3) is 6.69. The Labute approximate surface area is 271 Å². The van der Waals surface area contributed by atoms with E-state index in [1.807, 2.05) is 39.8 Å². The molecule has 1 saturated heterocycles. The lowest BCUT2D eigenvalue weighted by Gasteiger charge is -2.35. The van der Waals surface area contributed by atoms with Gasteiger partial charge in [0.15, 0.2) is 0 Å². The minimum atomic E-state index is -4.51. The topological polar surface area (TPSA) is 78.2 Å². The molecular formula is C36H37F3N4O4. The second kappa shape index (κ2) is 13.3. The van der Waals surface area contributed by atoms with Gasteiger partial charge in [-0.25, -0.2) is 0 Å². The number of alkyl halides is 3. The summed E-state index contributed by atoms with van der Waals surface area (Å²) in [5.74, 6) is -0.374. The number of carbonyl (C=O) groups is 2. The van der Waals surface area contributed by atoms with Crippen LogP contribution in [0.25, 0.3) is 11.1 Å². The van der Waals surface area contributed by atoms with Gasteiger partial charge < -0.3 is 24.2 Å². The predicted octanol–water partition coefficient (Wildman–Crippen LogP) is 5.46. The molecule has 1 atom stereocenters. The fraction of sp³-hybridized carbons (Fsp3) is 0.333. The van der Waals surface area contributed by atoms with Crippen molar-refractivity contribution < 1.29 is 32.6 Å². The van der Waals surface area contributed by atoms with Crippen molar-refractivity contribution in [1.82, 2.24) is 14.4 Å². The number of piperazine rings is 1. The number of anilines is 1. The van der Waals surface area contributed by atoms with Crippen LogP contribution in [0.5, 0.6) is 0 Å². The van der Waals surface area contributed by atoms with Gasteiger partial charge in [0.05, 0.1) is 31.4 Å². The molecule has 4 aromatic rings. The van der Waals surface area contributed by atoms with E-state index < -0.39 is 17.8 Å². The molecule has 1 fully saturated rings. The lowest BCUT2D eigenvalue weighted by Crippen LogP contribution is -2.51. The van der Waals surface area contributed by atoms with Crippen molar-refractivity contribution in [3.63, 3.8) is 0 Å². The van der Waals surface area contributed by atoms with Gasteiger partial charge in [0.25, 0.3) is 11.8 Å². The summed E-state index contributed by atoms with van der Waals surface area (Å²) in [5, 5.41) is 10.1. The Morgan fingerprint density at radius 1 is 0.872 bits per heavy atom. The molecule has 0 unspecified atom stereocenters. The number of aromatic nitrogens is 1. The van der Waals surface area contributed by atoms with Crippen molar-refractivity contribution in [2.24, 2.45) is 0 Å². The molecule has 2 aliphatic rings. The van der Waals surface area contributed by atoms with Crippen LogP contribution >= 0.6 is 0 Å². The van der Waals surface area contributed by atoms with Crippen molar-refractivity contribution in [3.05, 3.63) is 113 Å². The van der Waals surface area contributed by atoms with Crippen LogP contribution in [0.4, 0.5) is 18.9 Å². The Morgan fingerprint density at radius 3 is 2.32 bits per heavy atom. The third-order valence-corrected chi connectivity index (χ3v) is 8.95. The van der Waals surface area contributed by atoms with Crippen LogP contribution in [0.3, 0.4) is 0 Å². The molecule has 6 rings (SSSR count). The van der Waals surface area contributed by atoms with Crippen LogP contribution in [0.15, 0.2) is 78.9 Å². The van der Waals surface area contributed by atoms with Gasteiger partial charge in [-0.3, -0.25) is 14.5 Å². The zero-order valence-corrected chi connectivity index (χ0v) is 26.3. The molecule has 1 aromatic heterocycles. The number of hydrogen-bond donors (Lipinski definition) is 1. The van der Waals surface area contributed by atoms with Gasteiger partial charge in [-0.15, -0.1) is 0 Å². The molecule has 11 heteroatoms. The summed E-state index contributed by atoms with van der Waals surface area (Å²) in [6, 6.07) is 21.5. The number of β-amino-alcohol motifs (C(OH)–C–C–N with tert-alkyl or cyclic N) is 1. The normalized spacial score (nSPS) is 16.0. The molecule has 47 heavy (non-hydrogen) atoms. The Kier molecular flexibility index (Phi) is 9.23. The first-order chi connectivity index (χ1) is 22.5. The van der Waals surface area contributed by atoms with Crippen molar-refractivity contribution >= 4 is 17.5 Å². The highest BCUT2D eigenvalue weighted by Crippen LogP contribution is 2.38. The van der Waals surface area contributed by atoms with Gasteiger partial charge in [0.1, 0.15) is 5.69 Å². The van der Waals surface area contributed by atoms with Crippen molar-refractivity contribution in [2.75, 3.05) is 51.3 Å². The molecule has 0 saturated carbocycles. The average molecular weight is 647 g/mol. The first kappa shape index (κ1) is 32.5. The average Bonchev–Trinajstić information content (AvgIpc) is 3.37. The molecule has 0 aliphatic carbocycles. The lowest BCUT2D eigenvalue weighted by molar-refractivity contribution is -0.137. The van der Waals surface area contributed by atoms with Gasteiger partial charge >= 0.3 is 6.18 Å². The number of aryl methyl sites for hydroxylation is 1. The largest absolute Gasteiger partial charge is 0.417 e. The molecule has 8 nitrogen and oxygen atoms in total. The second-order valence-electron chi connectivity index (χ2n) is 12.1. The highest BCUT2D eigenvalue weighted by molar-refractivity contribution is 6.07. The lowest BCUT2D eigenvalue weighted by atomic mass is 9.94. The second-order valence-corrected chi connectivity index (χ2v) is 12.1. The van der Waals surface area contributed by atoms with Crippen LogP contribution < -0.4 is 4.90 Å². The smallest absolute Gasteiger partial charge is 0.389 e. The number of benzene rings is 3. The molecule has 0 radical (unpaired) electrons. The van der Waals surface area contributed by atoms with E-state index in [9.17, 15) is 27.9 Å². The van der Waals surface area contributed by atoms with Crippen molar-refractivity contribution in [1.29, 1.82) is 0 Å². The fourth-order valence-corrected chi connectivity index (χ4v) is 6.59. The molecule has 2 amide bonds. The van der Waals surface area contributed by atoms with E-state index in [0.717, 1.165) is 17.3 Å². The van der Waals surface area contributed by atoms with Gasteiger partial charge in [0.2, 0.25) is 0 Å². The van der Waals surface area contributed by atoms with E-state index in [1.165, 1.54) is 12.1 Å². The number of rotatable bonds is 7. The minimum Gasteiger partial charge on any atom is -0.389 e. The number of hydrogen-bond acceptors (Lipinski definition) is 5. The van der Waals surface area contributed by atoms with Crippen LogP contribution in [-0.2, 0) is 24.0 Å². The highest BCUT2D eigenvalue weighted by Gasteiger charge is 2.34. The number of fused-ring (bicyclic) bond motifs is 2. The first-order valence-electron chi connectivity index (χ1n) is 15.6. The minimum absolute atomic E-state index is 0.0664. The molecule has 2 aliphatic heterocycles. The van der Waals surface area contributed by atoms with E-state index in [-0.39, 0.29) is 30.5 Å². The summed E-state index contributed by atoms with van der Waals surface area (Å²) < 4.78 is 48.3. The zero-order chi connectivity index (χ0) is 33.3. The van der Waals surface area contributed by atoms with E-state index in [0.29, 0.717) is 67.3 Å². The number of halogens is 3. The Morgan fingerprint density at radius 2 is 1.60 bits per heavy atom. The maximum absolute atomic E-state index is 14.1. The standard InChI is InChI=1S/C36H37F3N4O4/c1-24-19-25(11-13-29(24)30-8-4-5-9-31(30)36(37,38)39)34(45)43-21-27-12-14-33(42(27)20-26-7-3-6-10-32(26)43)35(46)41-17-15-40(16-18-41)22-28(44)23-47-2/h3-14,19,28,44H,15-18,20-23H2,1-2H3/t28-/m1/s1. The predicted molar refractivity (Wildman–Crippen MR) is 172 cm³/mol. The summed E-state index contributed by atoms with van der Waals surface area (Å²) >= 11 is 0. The third-order valence-electron chi connectivity index (χ3n) is 8.95. The maximum Gasteiger partial charge on any atom is 0.417 e. The molecule has 246 valence electrons. The summed E-state index contributed by atoms with van der Waals surface area (Å²) in [5.41, 5.74) is 3.59. The van der Waals surface area contributed by atoms with Gasteiger partial charge in [0, 0.05) is 56.8 Å². The molecule has 0 bridgehead atoms. The van der Waals surface area contributed by atoms with E-state index in [1.54, 1.807) is 49.3 Å². The zero-order valence-electron chi connectivity index (χ0n) is 26.3. The number of para-hydroxylation sites is 1. The first-order valence-corrected chi connectivity index (χ1v) is 15.6. The monoisotopic (exact) mass is 646 g/mol.